The first-order valence-corrected chi connectivity index (χ1v) is 7.43. The molecule has 3 heteroatoms. The van der Waals surface area contributed by atoms with Gasteiger partial charge in [-0.3, -0.25) is 4.79 Å². The Kier molecular flexibility index (Phi) is 3.65. The van der Waals surface area contributed by atoms with Crippen molar-refractivity contribution in [2.75, 3.05) is 11.1 Å². The monoisotopic (exact) mass is 280 g/mol. The van der Waals surface area contributed by atoms with Gasteiger partial charge >= 0.3 is 0 Å². The van der Waals surface area contributed by atoms with Crippen LogP contribution in [0.4, 0.5) is 11.4 Å². The molecule has 1 aliphatic rings. The molecule has 0 spiro atoms. The minimum atomic E-state index is -0.0932. The van der Waals surface area contributed by atoms with Gasteiger partial charge in [0, 0.05) is 16.9 Å². The largest absolute Gasteiger partial charge is 0.399 e. The lowest BCUT2D eigenvalue weighted by Gasteiger charge is -2.19. The Hall–Kier alpha value is -2.29. The number of fused-ring (bicyclic) bond motifs is 1. The fraction of sp³-hybridized carbons (Fsp3) is 0.278. The Balaban J connectivity index is 1.88. The molecule has 3 rings (SSSR count). The summed E-state index contributed by atoms with van der Waals surface area (Å²) >= 11 is 0. The van der Waals surface area contributed by atoms with E-state index in [0.29, 0.717) is 11.3 Å². The minimum Gasteiger partial charge on any atom is -0.399 e. The number of nitrogens with two attached hydrogens (primary N) is 1. The van der Waals surface area contributed by atoms with Crippen molar-refractivity contribution in [3.63, 3.8) is 0 Å². The van der Waals surface area contributed by atoms with Crippen LogP contribution in [0.25, 0.3) is 0 Å². The van der Waals surface area contributed by atoms with E-state index in [1.807, 2.05) is 31.2 Å². The predicted octanol–water partition coefficient (Wildman–Crippen LogP) is 3.71. The maximum Gasteiger partial charge on any atom is 0.255 e. The van der Waals surface area contributed by atoms with Crippen molar-refractivity contribution in [2.45, 2.75) is 32.6 Å². The SMILES string of the molecule is Cc1cc(N)cc(C(=O)Nc2cccc3c2CCCC3)c1. The van der Waals surface area contributed by atoms with Gasteiger partial charge in [0.25, 0.3) is 5.91 Å². The van der Waals surface area contributed by atoms with E-state index in [-0.39, 0.29) is 5.91 Å². The first-order chi connectivity index (χ1) is 10.1. The molecule has 0 bridgehead atoms. The van der Waals surface area contributed by atoms with Crippen LogP contribution in [0.5, 0.6) is 0 Å². The molecule has 0 unspecified atom stereocenters. The summed E-state index contributed by atoms with van der Waals surface area (Å²) in [5, 5.41) is 3.05. The normalized spacial score (nSPS) is 13.6. The number of hydrogen-bond acceptors (Lipinski definition) is 2. The molecule has 3 N–H and O–H groups in total. The maximum absolute atomic E-state index is 12.4. The third-order valence-corrected chi connectivity index (χ3v) is 4.01. The summed E-state index contributed by atoms with van der Waals surface area (Å²) in [6.45, 7) is 1.94. The molecular formula is C18H20N2O. The highest BCUT2D eigenvalue weighted by Crippen LogP contribution is 2.28. The molecule has 0 radical (unpaired) electrons. The second-order valence-corrected chi connectivity index (χ2v) is 5.74. The number of aryl methyl sites for hydroxylation is 2. The first-order valence-electron chi connectivity index (χ1n) is 7.43. The van der Waals surface area contributed by atoms with E-state index in [1.54, 1.807) is 6.07 Å². The fourth-order valence-electron chi connectivity index (χ4n) is 3.04. The summed E-state index contributed by atoms with van der Waals surface area (Å²) in [7, 11) is 0. The molecule has 0 aromatic heterocycles. The van der Waals surface area contributed by atoms with Crippen LogP contribution in [0, 0.1) is 6.92 Å². The first kappa shape index (κ1) is 13.7. The number of nitrogens with one attached hydrogen (secondary N) is 1. The van der Waals surface area contributed by atoms with Gasteiger partial charge in [-0.15, -0.1) is 0 Å². The summed E-state index contributed by atoms with van der Waals surface area (Å²) in [6, 6.07) is 11.6. The van der Waals surface area contributed by atoms with Crippen molar-refractivity contribution in [3.05, 3.63) is 58.7 Å². The molecule has 0 heterocycles. The molecule has 2 aromatic rings. The second kappa shape index (κ2) is 5.60. The van der Waals surface area contributed by atoms with E-state index < -0.39 is 0 Å². The lowest BCUT2D eigenvalue weighted by atomic mass is 9.90. The van der Waals surface area contributed by atoms with E-state index in [2.05, 4.69) is 11.4 Å². The zero-order valence-electron chi connectivity index (χ0n) is 12.3. The predicted molar refractivity (Wildman–Crippen MR) is 86.6 cm³/mol. The van der Waals surface area contributed by atoms with Gasteiger partial charge in [0.2, 0.25) is 0 Å². The van der Waals surface area contributed by atoms with Crippen molar-refractivity contribution in [2.24, 2.45) is 0 Å². The number of carbonyl (C=O) groups excluding carboxylic acids is 1. The number of anilines is 2. The summed E-state index contributed by atoms with van der Waals surface area (Å²) < 4.78 is 0. The average molecular weight is 280 g/mol. The van der Waals surface area contributed by atoms with Crippen LogP contribution >= 0.6 is 0 Å². The van der Waals surface area contributed by atoms with Gasteiger partial charge in [-0.05, 0) is 73.6 Å². The van der Waals surface area contributed by atoms with Crippen molar-refractivity contribution in [1.82, 2.24) is 0 Å². The summed E-state index contributed by atoms with van der Waals surface area (Å²) in [5.41, 5.74) is 11.6. The van der Waals surface area contributed by atoms with E-state index in [1.165, 1.54) is 24.0 Å². The van der Waals surface area contributed by atoms with Crippen LogP contribution in [0.15, 0.2) is 36.4 Å². The minimum absolute atomic E-state index is 0.0932. The van der Waals surface area contributed by atoms with Gasteiger partial charge in [-0.25, -0.2) is 0 Å². The molecule has 2 aromatic carbocycles. The third-order valence-electron chi connectivity index (χ3n) is 4.01. The second-order valence-electron chi connectivity index (χ2n) is 5.74. The lowest BCUT2D eigenvalue weighted by molar-refractivity contribution is 0.102. The number of hydrogen-bond donors (Lipinski definition) is 2. The molecule has 0 aliphatic heterocycles. The standard InChI is InChI=1S/C18H20N2O/c1-12-9-14(11-15(19)10-12)18(21)20-17-8-4-6-13-5-2-3-7-16(13)17/h4,6,8-11H,2-3,5,7,19H2,1H3,(H,20,21). The Labute approximate surface area is 125 Å². The van der Waals surface area contributed by atoms with Crippen LogP contribution in [-0.2, 0) is 12.8 Å². The van der Waals surface area contributed by atoms with E-state index in [4.69, 9.17) is 5.73 Å². The number of carbonyl (C=O) groups is 1. The molecule has 21 heavy (non-hydrogen) atoms. The number of nitrogen functional groups attached to an aromatic ring is 1. The maximum atomic E-state index is 12.4. The van der Waals surface area contributed by atoms with Crippen molar-refractivity contribution < 1.29 is 4.79 Å². The Morgan fingerprint density at radius 1 is 1.14 bits per heavy atom. The van der Waals surface area contributed by atoms with Gasteiger partial charge in [0.15, 0.2) is 0 Å². The molecular weight excluding hydrogens is 260 g/mol. The molecule has 1 amide bonds. The van der Waals surface area contributed by atoms with E-state index in [9.17, 15) is 4.79 Å². The van der Waals surface area contributed by atoms with Gasteiger partial charge < -0.3 is 11.1 Å². The molecule has 3 nitrogen and oxygen atoms in total. The van der Waals surface area contributed by atoms with Crippen LogP contribution in [-0.4, -0.2) is 5.91 Å². The van der Waals surface area contributed by atoms with E-state index >= 15 is 0 Å². The number of rotatable bonds is 2. The smallest absolute Gasteiger partial charge is 0.255 e. The molecule has 0 saturated heterocycles. The quantitative estimate of drug-likeness (QED) is 0.824. The Bertz CT molecular complexity index is 671. The Morgan fingerprint density at radius 2 is 1.95 bits per heavy atom. The van der Waals surface area contributed by atoms with Crippen LogP contribution in [0.2, 0.25) is 0 Å². The van der Waals surface area contributed by atoms with Crippen molar-refractivity contribution in [1.29, 1.82) is 0 Å². The Morgan fingerprint density at radius 3 is 2.76 bits per heavy atom. The highest BCUT2D eigenvalue weighted by molar-refractivity contribution is 6.05. The highest BCUT2D eigenvalue weighted by atomic mass is 16.1. The van der Waals surface area contributed by atoms with Crippen molar-refractivity contribution in [3.8, 4) is 0 Å². The molecule has 0 fully saturated rings. The van der Waals surface area contributed by atoms with Crippen LogP contribution in [0.3, 0.4) is 0 Å². The third kappa shape index (κ3) is 2.92. The van der Waals surface area contributed by atoms with E-state index in [0.717, 1.165) is 24.1 Å². The van der Waals surface area contributed by atoms with Crippen molar-refractivity contribution >= 4 is 17.3 Å². The summed E-state index contributed by atoms with van der Waals surface area (Å²) in [6.07, 6.45) is 4.58. The topological polar surface area (TPSA) is 55.1 Å². The van der Waals surface area contributed by atoms with Gasteiger partial charge in [0.05, 0.1) is 0 Å². The molecule has 1 aliphatic carbocycles. The molecule has 108 valence electrons. The zero-order chi connectivity index (χ0) is 14.8. The molecule has 0 saturated carbocycles. The highest BCUT2D eigenvalue weighted by Gasteiger charge is 2.15. The van der Waals surface area contributed by atoms with Crippen LogP contribution in [0.1, 0.15) is 39.9 Å². The van der Waals surface area contributed by atoms with Crippen LogP contribution < -0.4 is 11.1 Å². The number of amides is 1. The summed E-state index contributed by atoms with van der Waals surface area (Å²) in [5.74, 6) is -0.0932. The van der Waals surface area contributed by atoms with Gasteiger partial charge in [0.1, 0.15) is 0 Å². The lowest BCUT2D eigenvalue weighted by Crippen LogP contribution is -2.15. The average Bonchev–Trinajstić information content (AvgIpc) is 2.46. The zero-order valence-corrected chi connectivity index (χ0v) is 12.3. The summed E-state index contributed by atoms with van der Waals surface area (Å²) in [4.78, 5) is 12.4. The van der Waals surface area contributed by atoms with Gasteiger partial charge in [-0.1, -0.05) is 12.1 Å². The fourth-order valence-corrected chi connectivity index (χ4v) is 3.04. The molecule has 0 atom stereocenters. The van der Waals surface area contributed by atoms with Gasteiger partial charge in [-0.2, -0.15) is 0 Å². The number of benzene rings is 2.